The van der Waals surface area contributed by atoms with Crippen LogP contribution in [-0.4, -0.2) is 45.8 Å². The fraction of sp³-hybridized carbons (Fsp3) is 0.364. The fourth-order valence-corrected chi connectivity index (χ4v) is 1.84. The maximum Gasteiger partial charge on any atom is 0.278 e. The third-order valence-corrected chi connectivity index (χ3v) is 3.79. The van der Waals surface area contributed by atoms with Gasteiger partial charge in [0.15, 0.2) is 0 Å². The molecule has 8 heteroatoms. The van der Waals surface area contributed by atoms with Crippen molar-refractivity contribution in [2.45, 2.75) is 0 Å². The van der Waals surface area contributed by atoms with Crippen molar-refractivity contribution in [3.8, 4) is 0 Å². The van der Waals surface area contributed by atoms with E-state index in [9.17, 15) is 17.6 Å². The average molecular weight is 289 g/mol. The lowest BCUT2D eigenvalue weighted by Crippen LogP contribution is -2.40. The van der Waals surface area contributed by atoms with Crippen LogP contribution >= 0.6 is 0 Å². The molecule has 0 fully saturated rings. The van der Waals surface area contributed by atoms with E-state index in [1.165, 1.54) is 32.3 Å². The third kappa shape index (κ3) is 4.93. The van der Waals surface area contributed by atoms with Crippen molar-refractivity contribution in [1.82, 2.24) is 14.3 Å². The fourth-order valence-electron chi connectivity index (χ4n) is 1.22. The Hall–Kier alpha value is -1.51. The molecule has 0 unspecified atom stereocenters. The molecule has 0 bridgehead atoms. The molecule has 1 aromatic carbocycles. The minimum atomic E-state index is -3.50. The molecular weight excluding hydrogens is 273 g/mol. The molecule has 19 heavy (non-hydrogen) atoms. The molecule has 0 atom stereocenters. The molecule has 0 heterocycles. The largest absolute Gasteiger partial charge is 0.351 e. The summed E-state index contributed by atoms with van der Waals surface area (Å²) >= 11 is 0. The summed E-state index contributed by atoms with van der Waals surface area (Å²) in [6, 6.07) is 5.25. The summed E-state index contributed by atoms with van der Waals surface area (Å²) < 4.78 is 38.9. The SMILES string of the molecule is CN(C)S(=O)(=O)NCCNC(=O)c1cccc(F)c1. The number of carbonyl (C=O) groups excluding carboxylic acids is 1. The van der Waals surface area contributed by atoms with Gasteiger partial charge in [0.1, 0.15) is 5.82 Å². The molecule has 0 saturated carbocycles. The number of halogens is 1. The molecular formula is C11H16FN3O3S. The topological polar surface area (TPSA) is 78.5 Å². The number of hydrogen-bond donors (Lipinski definition) is 2. The van der Waals surface area contributed by atoms with Crippen molar-refractivity contribution in [2.24, 2.45) is 0 Å². The lowest BCUT2D eigenvalue weighted by molar-refractivity contribution is 0.0954. The van der Waals surface area contributed by atoms with Crippen molar-refractivity contribution in [1.29, 1.82) is 0 Å². The second kappa shape index (κ2) is 6.60. The van der Waals surface area contributed by atoms with Crippen molar-refractivity contribution < 1.29 is 17.6 Å². The Bertz CT molecular complexity index is 546. The van der Waals surface area contributed by atoms with Gasteiger partial charge in [-0.2, -0.15) is 12.7 Å². The highest BCUT2D eigenvalue weighted by molar-refractivity contribution is 7.87. The molecule has 0 aliphatic rings. The van der Waals surface area contributed by atoms with Crippen LogP contribution in [0.15, 0.2) is 24.3 Å². The Morgan fingerprint density at radius 3 is 2.58 bits per heavy atom. The summed E-state index contributed by atoms with van der Waals surface area (Å²) in [6.07, 6.45) is 0. The molecule has 0 radical (unpaired) electrons. The van der Waals surface area contributed by atoms with Gasteiger partial charge in [0.05, 0.1) is 0 Å². The monoisotopic (exact) mass is 289 g/mol. The van der Waals surface area contributed by atoms with Gasteiger partial charge >= 0.3 is 0 Å². The molecule has 106 valence electrons. The maximum atomic E-state index is 12.9. The van der Waals surface area contributed by atoms with Crippen LogP contribution in [0.2, 0.25) is 0 Å². The normalized spacial score (nSPS) is 11.6. The first-order valence-electron chi connectivity index (χ1n) is 5.54. The van der Waals surface area contributed by atoms with E-state index in [0.717, 1.165) is 10.4 Å². The number of carbonyl (C=O) groups is 1. The third-order valence-electron chi connectivity index (χ3n) is 2.26. The van der Waals surface area contributed by atoms with Gasteiger partial charge in [-0.25, -0.2) is 9.11 Å². The van der Waals surface area contributed by atoms with E-state index in [1.807, 2.05) is 0 Å². The number of hydrogen-bond acceptors (Lipinski definition) is 3. The quantitative estimate of drug-likeness (QED) is 0.721. The van der Waals surface area contributed by atoms with Gasteiger partial charge in [0.2, 0.25) is 0 Å². The smallest absolute Gasteiger partial charge is 0.278 e. The number of amides is 1. The zero-order valence-corrected chi connectivity index (χ0v) is 11.5. The van der Waals surface area contributed by atoms with Crippen LogP contribution in [0.25, 0.3) is 0 Å². The Morgan fingerprint density at radius 1 is 1.32 bits per heavy atom. The molecule has 6 nitrogen and oxygen atoms in total. The molecule has 0 aliphatic heterocycles. The van der Waals surface area contributed by atoms with Crippen LogP contribution in [0.4, 0.5) is 4.39 Å². The Balaban J connectivity index is 2.40. The number of benzene rings is 1. The minimum absolute atomic E-state index is 0.0571. The van der Waals surface area contributed by atoms with Crippen LogP contribution in [0.5, 0.6) is 0 Å². The van der Waals surface area contributed by atoms with E-state index in [0.29, 0.717) is 0 Å². The summed E-state index contributed by atoms with van der Waals surface area (Å²) in [5.41, 5.74) is 0.190. The zero-order chi connectivity index (χ0) is 14.5. The second-order valence-corrected chi connectivity index (χ2v) is 5.92. The molecule has 0 saturated heterocycles. The van der Waals surface area contributed by atoms with Gasteiger partial charge in [-0.15, -0.1) is 0 Å². The molecule has 0 spiro atoms. The number of nitrogens with one attached hydrogen (secondary N) is 2. The first kappa shape index (κ1) is 15.5. The van der Waals surface area contributed by atoms with Gasteiger partial charge in [0, 0.05) is 32.7 Å². The van der Waals surface area contributed by atoms with Crippen molar-refractivity contribution in [3.05, 3.63) is 35.6 Å². The van der Waals surface area contributed by atoms with Crippen molar-refractivity contribution >= 4 is 16.1 Å². The molecule has 1 amide bonds. The molecule has 1 rings (SSSR count). The second-order valence-electron chi connectivity index (χ2n) is 3.95. The summed E-state index contributed by atoms with van der Waals surface area (Å²) in [4.78, 5) is 11.6. The van der Waals surface area contributed by atoms with E-state index in [1.54, 1.807) is 0 Å². The summed E-state index contributed by atoms with van der Waals surface area (Å²) in [6.45, 7) is 0.171. The van der Waals surface area contributed by atoms with Gasteiger partial charge in [-0.1, -0.05) is 6.07 Å². The van der Waals surface area contributed by atoms with E-state index in [-0.39, 0.29) is 18.7 Å². The summed E-state index contributed by atoms with van der Waals surface area (Å²) in [5, 5.41) is 2.49. The van der Waals surface area contributed by atoms with E-state index in [2.05, 4.69) is 10.0 Å². The van der Waals surface area contributed by atoms with E-state index < -0.39 is 21.9 Å². The van der Waals surface area contributed by atoms with Gasteiger partial charge in [-0.05, 0) is 18.2 Å². The van der Waals surface area contributed by atoms with Crippen LogP contribution in [0.3, 0.4) is 0 Å². The zero-order valence-electron chi connectivity index (χ0n) is 10.7. The lowest BCUT2D eigenvalue weighted by atomic mass is 10.2. The predicted octanol–water partition coefficient (Wildman–Crippen LogP) is -0.0485. The summed E-state index contributed by atoms with van der Waals surface area (Å²) in [7, 11) is -0.702. The molecule has 2 N–H and O–H groups in total. The van der Waals surface area contributed by atoms with Gasteiger partial charge in [-0.3, -0.25) is 4.79 Å². The number of nitrogens with zero attached hydrogens (tertiary/aromatic N) is 1. The van der Waals surface area contributed by atoms with Crippen LogP contribution < -0.4 is 10.0 Å². The first-order valence-corrected chi connectivity index (χ1v) is 6.98. The predicted molar refractivity (Wildman–Crippen MR) is 69.3 cm³/mol. The average Bonchev–Trinajstić information content (AvgIpc) is 2.34. The van der Waals surface area contributed by atoms with Crippen molar-refractivity contribution in [3.63, 3.8) is 0 Å². The molecule has 0 aliphatic carbocycles. The van der Waals surface area contributed by atoms with Crippen LogP contribution in [-0.2, 0) is 10.2 Å². The Morgan fingerprint density at radius 2 is 2.00 bits per heavy atom. The van der Waals surface area contributed by atoms with Gasteiger partial charge in [0.25, 0.3) is 16.1 Å². The van der Waals surface area contributed by atoms with Crippen LogP contribution in [0, 0.1) is 5.82 Å². The number of rotatable bonds is 6. The van der Waals surface area contributed by atoms with E-state index >= 15 is 0 Å². The highest BCUT2D eigenvalue weighted by Gasteiger charge is 2.12. The van der Waals surface area contributed by atoms with Crippen LogP contribution in [0.1, 0.15) is 10.4 Å². The molecule has 0 aromatic heterocycles. The van der Waals surface area contributed by atoms with Gasteiger partial charge < -0.3 is 5.32 Å². The molecule has 1 aromatic rings. The summed E-state index contributed by atoms with van der Waals surface area (Å²) in [5.74, 6) is -0.954. The highest BCUT2D eigenvalue weighted by Crippen LogP contribution is 2.02. The first-order chi connectivity index (χ1) is 8.83. The maximum absolute atomic E-state index is 12.9. The Labute approximate surface area is 111 Å². The standard InChI is InChI=1S/C11H16FN3O3S/c1-15(2)19(17,18)14-7-6-13-11(16)9-4-3-5-10(12)8-9/h3-5,8,14H,6-7H2,1-2H3,(H,13,16). The Kier molecular flexibility index (Phi) is 5.40. The van der Waals surface area contributed by atoms with Crippen molar-refractivity contribution in [2.75, 3.05) is 27.2 Å². The van der Waals surface area contributed by atoms with E-state index in [4.69, 9.17) is 0 Å². The highest BCUT2D eigenvalue weighted by atomic mass is 32.2. The lowest BCUT2D eigenvalue weighted by Gasteiger charge is -2.12. The minimum Gasteiger partial charge on any atom is -0.351 e.